The second-order valence-electron chi connectivity index (χ2n) is 12.9. The maximum atomic E-state index is 14.5. The van der Waals surface area contributed by atoms with E-state index in [1.807, 2.05) is 38.1 Å². The van der Waals surface area contributed by atoms with Gasteiger partial charge in [-0.05, 0) is 78.2 Å². The number of nitrogens with two attached hydrogens (primary N) is 1. The number of carbonyl (C=O) groups excluding carboxylic acids is 4. The number of benzene rings is 1. The standard InChI is InChI=1S/C32H52N4O5/c1-21(2)16-17-23(4)36(30(39)26(18-19-27(33)37)35-31(40)41-32(5,6)7)28(24-13-11-12-22(3)20-24)29(38)34-25-14-9-8-10-15-25/h11-13,20-21,23,25-26,28H,8-10,14-19H2,1-7H3,(H2,33,37)(H,34,38)(H,35,40). The van der Waals surface area contributed by atoms with Gasteiger partial charge in [0.2, 0.25) is 17.7 Å². The molecule has 0 saturated heterocycles. The van der Waals surface area contributed by atoms with Gasteiger partial charge in [0.1, 0.15) is 17.7 Å². The van der Waals surface area contributed by atoms with Crippen LogP contribution in [-0.2, 0) is 19.1 Å². The van der Waals surface area contributed by atoms with Crippen LogP contribution in [0.1, 0.15) is 116 Å². The second kappa shape index (κ2) is 15.8. The van der Waals surface area contributed by atoms with Crippen LogP contribution in [0.15, 0.2) is 24.3 Å². The third kappa shape index (κ3) is 11.7. The molecule has 0 bridgehead atoms. The monoisotopic (exact) mass is 572 g/mol. The molecule has 0 radical (unpaired) electrons. The number of hydrogen-bond donors (Lipinski definition) is 3. The van der Waals surface area contributed by atoms with E-state index in [0.717, 1.165) is 44.1 Å². The molecular weight excluding hydrogens is 520 g/mol. The molecule has 0 aromatic heterocycles. The first-order chi connectivity index (χ1) is 19.2. The first kappa shape index (κ1) is 34.1. The minimum Gasteiger partial charge on any atom is -0.444 e. The van der Waals surface area contributed by atoms with Crippen LogP contribution in [-0.4, -0.2) is 52.4 Å². The molecule has 0 heterocycles. The van der Waals surface area contributed by atoms with Gasteiger partial charge in [-0.25, -0.2) is 4.79 Å². The molecule has 0 spiro atoms. The van der Waals surface area contributed by atoms with E-state index >= 15 is 0 Å². The fraction of sp³-hybridized carbons (Fsp3) is 0.688. The van der Waals surface area contributed by atoms with Crippen molar-refractivity contribution < 1.29 is 23.9 Å². The number of rotatable bonds is 13. The largest absolute Gasteiger partial charge is 0.444 e. The van der Waals surface area contributed by atoms with Crippen LogP contribution in [0, 0.1) is 12.8 Å². The fourth-order valence-electron chi connectivity index (χ4n) is 5.29. The molecule has 3 unspecified atom stereocenters. The summed E-state index contributed by atoms with van der Waals surface area (Å²) in [6.45, 7) is 13.3. The molecule has 1 aliphatic rings. The maximum Gasteiger partial charge on any atom is 0.408 e. The number of carbonyl (C=O) groups is 4. The van der Waals surface area contributed by atoms with Gasteiger partial charge >= 0.3 is 6.09 Å². The summed E-state index contributed by atoms with van der Waals surface area (Å²) >= 11 is 0. The predicted molar refractivity (Wildman–Crippen MR) is 161 cm³/mol. The summed E-state index contributed by atoms with van der Waals surface area (Å²) in [5.74, 6) is -0.872. The number of alkyl carbamates (subject to hydrolysis) is 1. The van der Waals surface area contributed by atoms with Crippen molar-refractivity contribution in [1.82, 2.24) is 15.5 Å². The van der Waals surface area contributed by atoms with Crippen LogP contribution in [0.2, 0.25) is 0 Å². The van der Waals surface area contributed by atoms with Crippen molar-refractivity contribution in [2.75, 3.05) is 0 Å². The smallest absolute Gasteiger partial charge is 0.408 e. The summed E-state index contributed by atoms with van der Waals surface area (Å²) in [7, 11) is 0. The highest BCUT2D eigenvalue weighted by Gasteiger charge is 2.39. The van der Waals surface area contributed by atoms with Gasteiger partial charge in [-0.2, -0.15) is 0 Å². The average Bonchev–Trinajstić information content (AvgIpc) is 2.87. The Kier molecular flexibility index (Phi) is 13.1. The molecule has 9 heteroatoms. The molecule has 1 fully saturated rings. The quantitative estimate of drug-likeness (QED) is 0.295. The second-order valence-corrected chi connectivity index (χ2v) is 12.9. The zero-order chi connectivity index (χ0) is 30.7. The number of primary amides is 1. The van der Waals surface area contributed by atoms with Crippen LogP contribution in [0.5, 0.6) is 0 Å². The summed E-state index contributed by atoms with van der Waals surface area (Å²) in [5, 5.41) is 5.91. The first-order valence-electron chi connectivity index (χ1n) is 15.1. The molecule has 4 amide bonds. The van der Waals surface area contributed by atoms with E-state index in [4.69, 9.17) is 10.5 Å². The zero-order valence-electron chi connectivity index (χ0n) is 26.1. The Hall–Kier alpha value is -3.10. The third-order valence-electron chi connectivity index (χ3n) is 7.40. The van der Waals surface area contributed by atoms with E-state index in [2.05, 4.69) is 24.5 Å². The Balaban J connectivity index is 2.56. The molecule has 1 aromatic rings. The molecule has 3 atom stereocenters. The summed E-state index contributed by atoms with van der Waals surface area (Å²) in [4.78, 5) is 54.7. The van der Waals surface area contributed by atoms with Gasteiger partial charge in [0, 0.05) is 18.5 Å². The highest BCUT2D eigenvalue weighted by molar-refractivity contribution is 5.92. The summed E-state index contributed by atoms with van der Waals surface area (Å²) < 4.78 is 5.44. The SMILES string of the molecule is Cc1cccc(C(C(=O)NC2CCCCC2)N(C(=O)C(CCC(N)=O)NC(=O)OC(C)(C)C)C(C)CCC(C)C)c1. The average molecular weight is 573 g/mol. The summed E-state index contributed by atoms with van der Waals surface area (Å²) in [6.07, 6.45) is 5.71. The molecular formula is C32H52N4O5. The van der Waals surface area contributed by atoms with E-state index < -0.39 is 35.6 Å². The van der Waals surface area contributed by atoms with E-state index in [0.29, 0.717) is 17.9 Å². The summed E-state index contributed by atoms with van der Waals surface area (Å²) in [5.41, 5.74) is 6.33. The highest BCUT2D eigenvalue weighted by atomic mass is 16.6. The van der Waals surface area contributed by atoms with E-state index in [9.17, 15) is 19.2 Å². The van der Waals surface area contributed by atoms with Crippen molar-refractivity contribution in [3.63, 3.8) is 0 Å². The number of ether oxygens (including phenoxy) is 1. The van der Waals surface area contributed by atoms with Crippen LogP contribution >= 0.6 is 0 Å². The number of nitrogens with one attached hydrogen (secondary N) is 2. The van der Waals surface area contributed by atoms with Gasteiger partial charge in [-0.3, -0.25) is 14.4 Å². The van der Waals surface area contributed by atoms with Gasteiger partial charge in [-0.1, -0.05) is 62.9 Å². The minimum absolute atomic E-state index is 0.00834. The van der Waals surface area contributed by atoms with Crippen LogP contribution in [0.25, 0.3) is 0 Å². The van der Waals surface area contributed by atoms with Crippen molar-refractivity contribution in [3.05, 3.63) is 35.4 Å². The molecule has 4 N–H and O–H groups in total. The fourth-order valence-corrected chi connectivity index (χ4v) is 5.29. The first-order valence-corrected chi connectivity index (χ1v) is 15.1. The van der Waals surface area contributed by atoms with Crippen LogP contribution in [0.3, 0.4) is 0 Å². The number of nitrogens with zero attached hydrogens (tertiary/aromatic N) is 1. The lowest BCUT2D eigenvalue weighted by molar-refractivity contribution is -0.145. The Bertz CT molecular complexity index is 1030. The Morgan fingerprint density at radius 1 is 1.02 bits per heavy atom. The molecule has 2 rings (SSSR count). The van der Waals surface area contributed by atoms with Crippen molar-refractivity contribution in [1.29, 1.82) is 0 Å². The van der Waals surface area contributed by atoms with Gasteiger partial charge in [0.15, 0.2) is 0 Å². The Morgan fingerprint density at radius 3 is 2.24 bits per heavy atom. The van der Waals surface area contributed by atoms with Gasteiger partial charge in [0.05, 0.1) is 0 Å². The van der Waals surface area contributed by atoms with E-state index in [1.165, 1.54) is 0 Å². The number of amides is 4. The van der Waals surface area contributed by atoms with Crippen LogP contribution < -0.4 is 16.4 Å². The normalized spacial score (nSPS) is 16.4. The summed E-state index contributed by atoms with van der Waals surface area (Å²) in [6, 6.07) is 5.34. The van der Waals surface area contributed by atoms with Crippen molar-refractivity contribution in [2.24, 2.45) is 11.7 Å². The lowest BCUT2D eigenvalue weighted by Crippen LogP contribution is -2.56. The van der Waals surface area contributed by atoms with Crippen LogP contribution in [0.4, 0.5) is 4.79 Å². The molecule has 1 aliphatic carbocycles. The highest BCUT2D eigenvalue weighted by Crippen LogP contribution is 2.29. The predicted octanol–water partition coefficient (Wildman–Crippen LogP) is 5.30. The Labute approximate surface area is 246 Å². The topological polar surface area (TPSA) is 131 Å². The number of hydrogen-bond acceptors (Lipinski definition) is 5. The lowest BCUT2D eigenvalue weighted by Gasteiger charge is -2.39. The zero-order valence-corrected chi connectivity index (χ0v) is 26.1. The molecule has 9 nitrogen and oxygen atoms in total. The van der Waals surface area contributed by atoms with Crippen molar-refractivity contribution in [3.8, 4) is 0 Å². The molecule has 0 aliphatic heterocycles. The maximum absolute atomic E-state index is 14.5. The molecule has 1 aromatic carbocycles. The molecule has 41 heavy (non-hydrogen) atoms. The Morgan fingerprint density at radius 2 is 1.68 bits per heavy atom. The third-order valence-corrected chi connectivity index (χ3v) is 7.40. The minimum atomic E-state index is -1.10. The molecule has 230 valence electrons. The van der Waals surface area contributed by atoms with E-state index in [1.54, 1.807) is 25.7 Å². The van der Waals surface area contributed by atoms with Crippen molar-refractivity contribution >= 4 is 23.8 Å². The van der Waals surface area contributed by atoms with Gasteiger partial charge in [0.25, 0.3) is 0 Å². The molecule has 1 saturated carbocycles. The number of aryl methyl sites for hydroxylation is 1. The van der Waals surface area contributed by atoms with E-state index in [-0.39, 0.29) is 30.8 Å². The lowest BCUT2D eigenvalue weighted by atomic mass is 9.93. The van der Waals surface area contributed by atoms with Gasteiger partial charge < -0.3 is 26.0 Å². The van der Waals surface area contributed by atoms with Crippen molar-refractivity contribution in [2.45, 2.75) is 136 Å². The van der Waals surface area contributed by atoms with Gasteiger partial charge in [-0.15, -0.1) is 0 Å².